The Balaban J connectivity index is 1.71. The highest BCUT2D eigenvalue weighted by atomic mass is 15.3. The summed E-state index contributed by atoms with van der Waals surface area (Å²) in [4.78, 5) is 9.96. The third-order valence-corrected chi connectivity index (χ3v) is 6.24. The number of para-hydroxylation sites is 1. The number of guanidine groups is 1. The largest absolute Gasteiger partial charge is 0.357 e. The Morgan fingerprint density at radius 3 is 2.44 bits per heavy atom. The molecule has 1 aromatic heterocycles. The maximum Gasteiger partial charge on any atom is 0.191 e. The Hall–Kier alpha value is -2.38. The zero-order valence-electron chi connectivity index (χ0n) is 20.7. The first-order valence-corrected chi connectivity index (χ1v) is 11.9. The van der Waals surface area contributed by atoms with E-state index in [2.05, 4.69) is 90.6 Å². The Morgan fingerprint density at radius 1 is 1.09 bits per heavy atom. The summed E-state index contributed by atoms with van der Waals surface area (Å²) < 4.78 is 2.02. The molecule has 1 aliphatic heterocycles. The summed E-state index contributed by atoms with van der Waals surface area (Å²) in [5, 5.41) is 11.7. The van der Waals surface area contributed by atoms with Gasteiger partial charge in [-0.2, -0.15) is 5.10 Å². The van der Waals surface area contributed by atoms with Crippen molar-refractivity contribution in [3.05, 3.63) is 47.3 Å². The quantitative estimate of drug-likeness (QED) is 0.489. The number of aliphatic imine (C=N–C) groups is 1. The SMILES string of the molecule is CCNC(=NCc1ccccc1-n1nc(C)cc1C)NCC(C(C)C)N1CCN(C)CC1. The number of rotatable bonds is 8. The summed E-state index contributed by atoms with van der Waals surface area (Å²) in [6.45, 7) is 17.7. The molecule has 2 aromatic rings. The summed E-state index contributed by atoms with van der Waals surface area (Å²) in [5.74, 6) is 1.45. The van der Waals surface area contributed by atoms with Crippen LogP contribution in [-0.2, 0) is 6.54 Å². The molecule has 1 aromatic carbocycles. The molecule has 0 bridgehead atoms. The lowest BCUT2D eigenvalue weighted by Gasteiger charge is -2.40. The maximum atomic E-state index is 4.92. The topological polar surface area (TPSA) is 60.7 Å². The van der Waals surface area contributed by atoms with Crippen LogP contribution in [0.4, 0.5) is 0 Å². The molecule has 2 N–H and O–H groups in total. The minimum absolute atomic E-state index is 0.495. The summed E-state index contributed by atoms with van der Waals surface area (Å²) >= 11 is 0. The van der Waals surface area contributed by atoms with Gasteiger partial charge < -0.3 is 15.5 Å². The molecule has 0 aliphatic carbocycles. The predicted molar refractivity (Wildman–Crippen MR) is 134 cm³/mol. The van der Waals surface area contributed by atoms with Crippen LogP contribution in [-0.4, -0.2) is 77.9 Å². The van der Waals surface area contributed by atoms with E-state index in [1.165, 1.54) is 0 Å². The van der Waals surface area contributed by atoms with Crippen LogP contribution >= 0.6 is 0 Å². The van der Waals surface area contributed by atoms with Crippen molar-refractivity contribution in [1.29, 1.82) is 0 Å². The Labute approximate surface area is 193 Å². The average molecular weight is 440 g/mol. The van der Waals surface area contributed by atoms with Crippen molar-refractivity contribution in [2.75, 3.05) is 46.3 Å². The number of aryl methyl sites for hydroxylation is 2. The van der Waals surface area contributed by atoms with Gasteiger partial charge in [0.25, 0.3) is 0 Å². The second-order valence-electron chi connectivity index (χ2n) is 9.19. The molecule has 0 saturated carbocycles. The molecule has 0 radical (unpaired) electrons. The summed E-state index contributed by atoms with van der Waals surface area (Å²) in [6, 6.07) is 11.0. The summed E-state index contributed by atoms with van der Waals surface area (Å²) in [7, 11) is 2.21. The van der Waals surface area contributed by atoms with Gasteiger partial charge in [0, 0.05) is 51.0 Å². The van der Waals surface area contributed by atoms with E-state index in [4.69, 9.17) is 4.99 Å². The van der Waals surface area contributed by atoms with Gasteiger partial charge in [-0.1, -0.05) is 32.0 Å². The number of likely N-dealkylation sites (N-methyl/N-ethyl adjacent to an activating group) is 1. The minimum Gasteiger partial charge on any atom is -0.357 e. The Kier molecular flexibility index (Phi) is 8.70. The van der Waals surface area contributed by atoms with Crippen LogP contribution in [0.2, 0.25) is 0 Å². The highest BCUT2D eigenvalue weighted by molar-refractivity contribution is 5.79. The van der Waals surface area contributed by atoms with Crippen molar-refractivity contribution >= 4 is 5.96 Å². The van der Waals surface area contributed by atoms with E-state index >= 15 is 0 Å². The van der Waals surface area contributed by atoms with Crippen molar-refractivity contribution in [1.82, 2.24) is 30.2 Å². The number of piperazine rings is 1. The number of benzene rings is 1. The van der Waals surface area contributed by atoms with Crippen molar-refractivity contribution in [3.8, 4) is 5.69 Å². The zero-order chi connectivity index (χ0) is 23.1. The van der Waals surface area contributed by atoms with Gasteiger partial charge in [-0.3, -0.25) is 4.90 Å². The second kappa shape index (κ2) is 11.5. The number of aromatic nitrogens is 2. The van der Waals surface area contributed by atoms with Gasteiger partial charge in [0.05, 0.1) is 17.9 Å². The molecule has 1 unspecified atom stereocenters. The predicted octanol–water partition coefficient (Wildman–Crippen LogP) is 2.82. The molecule has 176 valence electrons. The van der Waals surface area contributed by atoms with Crippen LogP contribution in [0.25, 0.3) is 5.69 Å². The molecule has 1 aliphatic rings. The van der Waals surface area contributed by atoms with Crippen LogP contribution in [0.5, 0.6) is 0 Å². The molecule has 7 heteroatoms. The summed E-state index contributed by atoms with van der Waals surface area (Å²) in [6.07, 6.45) is 0. The van der Waals surface area contributed by atoms with E-state index in [0.29, 0.717) is 18.5 Å². The fraction of sp³-hybridized carbons (Fsp3) is 0.600. The molecule has 32 heavy (non-hydrogen) atoms. The molecule has 3 rings (SSSR count). The number of nitrogens with zero attached hydrogens (tertiary/aromatic N) is 5. The van der Waals surface area contributed by atoms with Gasteiger partial charge in [-0.05, 0) is 51.4 Å². The van der Waals surface area contributed by atoms with Crippen molar-refractivity contribution in [2.45, 2.75) is 47.2 Å². The Bertz CT molecular complexity index is 878. The molecule has 0 amide bonds. The van der Waals surface area contributed by atoms with E-state index < -0.39 is 0 Å². The highest BCUT2D eigenvalue weighted by Crippen LogP contribution is 2.18. The molecule has 1 fully saturated rings. The van der Waals surface area contributed by atoms with Crippen LogP contribution in [0.1, 0.15) is 37.7 Å². The van der Waals surface area contributed by atoms with Crippen LogP contribution in [0.3, 0.4) is 0 Å². The minimum atomic E-state index is 0.495. The second-order valence-corrected chi connectivity index (χ2v) is 9.19. The molecule has 1 saturated heterocycles. The highest BCUT2D eigenvalue weighted by Gasteiger charge is 2.25. The first-order valence-electron chi connectivity index (χ1n) is 11.9. The smallest absolute Gasteiger partial charge is 0.191 e. The van der Waals surface area contributed by atoms with Gasteiger partial charge in [0.1, 0.15) is 0 Å². The van der Waals surface area contributed by atoms with Crippen molar-refractivity contribution in [3.63, 3.8) is 0 Å². The van der Waals surface area contributed by atoms with Crippen molar-refractivity contribution in [2.24, 2.45) is 10.9 Å². The van der Waals surface area contributed by atoms with Crippen LogP contribution in [0.15, 0.2) is 35.3 Å². The van der Waals surface area contributed by atoms with Gasteiger partial charge in [-0.15, -0.1) is 0 Å². The standard InChI is InChI=1S/C25H41N7/c1-7-26-25(28-18-24(19(2)3)31-14-12-30(6)13-15-31)27-17-22-10-8-9-11-23(22)32-21(5)16-20(4)29-32/h8-11,16,19,24H,7,12-15,17-18H2,1-6H3,(H2,26,27,28). The van der Waals surface area contributed by atoms with E-state index in [9.17, 15) is 0 Å². The van der Waals surface area contributed by atoms with Gasteiger partial charge in [-0.25, -0.2) is 9.67 Å². The van der Waals surface area contributed by atoms with Gasteiger partial charge in [0.2, 0.25) is 0 Å². The van der Waals surface area contributed by atoms with E-state index in [0.717, 1.165) is 67.9 Å². The fourth-order valence-corrected chi connectivity index (χ4v) is 4.37. The van der Waals surface area contributed by atoms with Crippen LogP contribution < -0.4 is 10.6 Å². The number of hydrogen-bond acceptors (Lipinski definition) is 4. The van der Waals surface area contributed by atoms with E-state index in [1.54, 1.807) is 0 Å². The van der Waals surface area contributed by atoms with E-state index in [-0.39, 0.29) is 0 Å². The third kappa shape index (κ3) is 6.33. The first-order chi connectivity index (χ1) is 15.4. The normalized spacial score (nSPS) is 17.0. The zero-order valence-corrected chi connectivity index (χ0v) is 20.7. The van der Waals surface area contributed by atoms with Crippen LogP contribution in [0, 0.1) is 19.8 Å². The first kappa shape index (κ1) is 24.3. The monoisotopic (exact) mass is 439 g/mol. The fourth-order valence-electron chi connectivity index (χ4n) is 4.37. The van der Waals surface area contributed by atoms with Gasteiger partial charge >= 0.3 is 0 Å². The molecule has 7 nitrogen and oxygen atoms in total. The number of nitrogens with one attached hydrogen (secondary N) is 2. The maximum absolute atomic E-state index is 4.92. The summed E-state index contributed by atoms with van der Waals surface area (Å²) in [5.41, 5.74) is 4.42. The lowest BCUT2D eigenvalue weighted by molar-refractivity contribution is 0.0900. The molecular formula is C25H41N7. The molecule has 0 spiro atoms. The molecule has 1 atom stereocenters. The third-order valence-electron chi connectivity index (χ3n) is 6.24. The van der Waals surface area contributed by atoms with Gasteiger partial charge in [0.15, 0.2) is 5.96 Å². The lowest BCUT2D eigenvalue weighted by atomic mass is 10.0. The van der Waals surface area contributed by atoms with Crippen molar-refractivity contribution < 1.29 is 0 Å². The molecular weight excluding hydrogens is 398 g/mol. The number of hydrogen-bond donors (Lipinski definition) is 2. The average Bonchev–Trinajstić information content (AvgIpc) is 3.11. The lowest BCUT2D eigenvalue weighted by Crippen LogP contribution is -2.55. The van der Waals surface area contributed by atoms with E-state index in [1.807, 2.05) is 11.6 Å². The Morgan fingerprint density at radius 2 is 1.81 bits per heavy atom. The molecule has 2 heterocycles.